The van der Waals surface area contributed by atoms with Crippen molar-refractivity contribution in [2.24, 2.45) is 0 Å². The first-order chi connectivity index (χ1) is 13.1. The van der Waals surface area contributed by atoms with E-state index < -0.39 is 5.91 Å². The van der Waals surface area contributed by atoms with Crippen molar-refractivity contribution in [3.05, 3.63) is 102 Å². The average molecular weight is 357 g/mol. The number of hydrogen-bond acceptors (Lipinski definition) is 3. The number of amides is 2. The van der Waals surface area contributed by atoms with Crippen molar-refractivity contribution in [1.82, 2.24) is 10.3 Å². The van der Waals surface area contributed by atoms with Crippen molar-refractivity contribution in [2.45, 2.75) is 6.92 Å². The first-order valence-electron chi connectivity index (χ1n) is 8.48. The predicted octanol–water partition coefficient (Wildman–Crippen LogP) is 3.80. The fourth-order valence-corrected chi connectivity index (χ4v) is 2.40. The summed E-state index contributed by atoms with van der Waals surface area (Å²) in [7, 11) is 0. The lowest BCUT2D eigenvalue weighted by Gasteiger charge is -2.11. The zero-order chi connectivity index (χ0) is 19.1. The van der Waals surface area contributed by atoms with E-state index in [0.717, 1.165) is 11.1 Å². The molecule has 2 amide bonds. The van der Waals surface area contributed by atoms with Crippen LogP contribution >= 0.6 is 0 Å². The minimum atomic E-state index is -0.403. The Morgan fingerprint density at radius 2 is 1.56 bits per heavy atom. The van der Waals surface area contributed by atoms with Crippen LogP contribution in [0.15, 0.2) is 84.8 Å². The third kappa shape index (κ3) is 5.12. The highest BCUT2D eigenvalue weighted by molar-refractivity contribution is 6.10. The Morgan fingerprint density at radius 1 is 0.889 bits per heavy atom. The Hall–Kier alpha value is -3.73. The second-order valence-electron chi connectivity index (χ2n) is 5.98. The molecule has 134 valence electrons. The number of anilines is 1. The van der Waals surface area contributed by atoms with Crippen molar-refractivity contribution in [1.29, 1.82) is 0 Å². The number of pyridine rings is 1. The van der Waals surface area contributed by atoms with Crippen LogP contribution in [-0.4, -0.2) is 16.8 Å². The van der Waals surface area contributed by atoms with Gasteiger partial charge in [0.15, 0.2) is 0 Å². The van der Waals surface area contributed by atoms with Gasteiger partial charge in [-0.25, -0.2) is 0 Å². The summed E-state index contributed by atoms with van der Waals surface area (Å²) in [6.07, 6.45) is 4.87. The van der Waals surface area contributed by atoms with E-state index in [2.05, 4.69) is 15.6 Å². The highest BCUT2D eigenvalue weighted by atomic mass is 16.2. The molecule has 2 N–H and O–H groups in total. The molecule has 0 bridgehead atoms. The number of carbonyl (C=O) groups excluding carboxylic acids is 2. The third-order valence-electron chi connectivity index (χ3n) is 3.86. The van der Waals surface area contributed by atoms with Gasteiger partial charge in [-0.15, -0.1) is 0 Å². The van der Waals surface area contributed by atoms with E-state index in [1.807, 2.05) is 37.3 Å². The molecule has 27 heavy (non-hydrogen) atoms. The van der Waals surface area contributed by atoms with Gasteiger partial charge >= 0.3 is 0 Å². The van der Waals surface area contributed by atoms with Gasteiger partial charge in [-0.1, -0.05) is 35.9 Å². The highest BCUT2D eigenvalue weighted by Gasteiger charge is 2.15. The summed E-state index contributed by atoms with van der Waals surface area (Å²) in [6.45, 7) is 1.97. The number of benzene rings is 2. The normalized spacial score (nSPS) is 10.9. The molecule has 3 rings (SSSR count). The quantitative estimate of drug-likeness (QED) is 0.682. The van der Waals surface area contributed by atoms with Crippen LogP contribution in [0.25, 0.3) is 6.08 Å². The van der Waals surface area contributed by atoms with Crippen molar-refractivity contribution in [3.8, 4) is 0 Å². The molecule has 2 aromatic carbocycles. The Morgan fingerprint density at radius 3 is 2.22 bits per heavy atom. The van der Waals surface area contributed by atoms with Crippen molar-refractivity contribution >= 4 is 23.6 Å². The maximum absolute atomic E-state index is 12.8. The Bertz CT molecular complexity index is 950. The van der Waals surface area contributed by atoms with Crippen molar-refractivity contribution in [3.63, 3.8) is 0 Å². The van der Waals surface area contributed by atoms with Crippen molar-refractivity contribution in [2.75, 3.05) is 5.32 Å². The van der Waals surface area contributed by atoms with Gasteiger partial charge < -0.3 is 10.6 Å². The zero-order valence-corrected chi connectivity index (χ0v) is 14.8. The van der Waals surface area contributed by atoms with Gasteiger partial charge in [0.05, 0.1) is 0 Å². The van der Waals surface area contributed by atoms with Crippen LogP contribution in [0.1, 0.15) is 21.5 Å². The highest BCUT2D eigenvalue weighted by Crippen LogP contribution is 2.12. The van der Waals surface area contributed by atoms with Gasteiger partial charge in [-0.05, 0) is 55.0 Å². The van der Waals surface area contributed by atoms with Gasteiger partial charge in [-0.3, -0.25) is 14.6 Å². The molecule has 1 heterocycles. The molecule has 1 aromatic heterocycles. The monoisotopic (exact) mass is 357 g/mol. The summed E-state index contributed by atoms with van der Waals surface area (Å²) in [5, 5.41) is 5.51. The second-order valence-corrected chi connectivity index (χ2v) is 5.98. The molecule has 0 aliphatic carbocycles. The molecule has 0 spiro atoms. The molecule has 3 aromatic rings. The molecular formula is C22H19N3O2. The number of hydrogen-bond donors (Lipinski definition) is 2. The van der Waals surface area contributed by atoms with Gasteiger partial charge in [0.2, 0.25) is 0 Å². The number of rotatable bonds is 5. The SMILES string of the molecule is Cc1ccc(NC(=O)/C(=C\c2ccncc2)NC(=O)c2ccccc2)cc1. The molecule has 0 saturated carbocycles. The fraction of sp³-hybridized carbons (Fsp3) is 0.0455. The first kappa shape index (κ1) is 18.1. The lowest BCUT2D eigenvalue weighted by Crippen LogP contribution is -2.30. The van der Waals surface area contributed by atoms with Crippen LogP contribution in [0.5, 0.6) is 0 Å². The molecule has 0 atom stereocenters. The number of aromatic nitrogens is 1. The number of nitrogens with one attached hydrogen (secondary N) is 2. The second kappa shape index (κ2) is 8.58. The lowest BCUT2D eigenvalue weighted by molar-refractivity contribution is -0.113. The van der Waals surface area contributed by atoms with E-state index in [1.165, 1.54) is 0 Å². The zero-order valence-electron chi connectivity index (χ0n) is 14.8. The van der Waals surface area contributed by atoms with E-state index in [4.69, 9.17) is 0 Å². The third-order valence-corrected chi connectivity index (χ3v) is 3.86. The van der Waals surface area contributed by atoms with Crippen LogP contribution in [-0.2, 0) is 4.79 Å². The minimum absolute atomic E-state index is 0.149. The largest absolute Gasteiger partial charge is 0.321 e. The summed E-state index contributed by atoms with van der Waals surface area (Å²) < 4.78 is 0. The standard InChI is InChI=1S/C22H19N3O2/c1-16-7-9-19(10-8-16)24-22(27)20(15-17-11-13-23-14-12-17)25-21(26)18-5-3-2-4-6-18/h2-15H,1H3,(H,24,27)(H,25,26)/b20-15+. The molecule has 0 aliphatic rings. The van der Waals surface area contributed by atoms with Crippen LogP contribution in [0, 0.1) is 6.92 Å². The van der Waals surface area contributed by atoms with Gasteiger partial charge in [0.1, 0.15) is 5.70 Å². The molecule has 5 heteroatoms. The Balaban J connectivity index is 1.85. The van der Waals surface area contributed by atoms with Gasteiger partial charge in [0, 0.05) is 23.6 Å². The van der Waals surface area contributed by atoms with E-state index in [0.29, 0.717) is 11.3 Å². The lowest BCUT2D eigenvalue weighted by atomic mass is 10.1. The predicted molar refractivity (Wildman–Crippen MR) is 106 cm³/mol. The van der Waals surface area contributed by atoms with E-state index >= 15 is 0 Å². The van der Waals surface area contributed by atoms with E-state index in [1.54, 1.807) is 54.9 Å². The first-order valence-corrected chi connectivity index (χ1v) is 8.48. The molecule has 0 saturated heterocycles. The smallest absolute Gasteiger partial charge is 0.272 e. The van der Waals surface area contributed by atoms with Crippen LogP contribution in [0.4, 0.5) is 5.69 Å². The molecular weight excluding hydrogens is 338 g/mol. The van der Waals surface area contributed by atoms with Crippen LogP contribution < -0.4 is 10.6 Å². The number of nitrogens with zero attached hydrogens (tertiary/aromatic N) is 1. The van der Waals surface area contributed by atoms with Crippen LogP contribution in [0.2, 0.25) is 0 Å². The maximum Gasteiger partial charge on any atom is 0.272 e. The summed E-state index contributed by atoms with van der Waals surface area (Å²) in [5.74, 6) is -0.755. The number of aryl methyl sites for hydroxylation is 1. The fourth-order valence-electron chi connectivity index (χ4n) is 2.40. The minimum Gasteiger partial charge on any atom is -0.321 e. The summed E-state index contributed by atoms with van der Waals surface area (Å²) in [5.41, 5.74) is 3.13. The summed E-state index contributed by atoms with van der Waals surface area (Å²) >= 11 is 0. The molecule has 0 radical (unpaired) electrons. The summed E-state index contributed by atoms with van der Waals surface area (Å²) in [6, 6.07) is 19.7. The molecule has 0 fully saturated rings. The van der Waals surface area contributed by atoms with Gasteiger partial charge in [0.25, 0.3) is 11.8 Å². The average Bonchev–Trinajstić information content (AvgIpc) is 2.70. The maximum atomic E-state index is 12.8. The molecule has 0 unspecified atom stereocenters. The van der Waals surface area contributed by atoms with E-state index in [9.17, 15) is 9.59 Å². The number of carbonyl (C=O) groups is 2. The van der Waals surface area contributed by atoms with Crippen LogP contribution in [0.3, 0.4) is 0 Å². The topological polar surface area (TPSA) is 71.1 Å². The van der Waals surface area contributed by atoms with E-state index in [-0.39, 0.29) is 11.6 Å². The van der Waals surface area contributed by atoms with Gasteiger partial charge in [-0.2, -0.15) is 0 Å². The molecule has 0 aliphatic heterocycles. The van der Waals surface area contributed by atoms with Crippen molar-refractivity contribution < 1.29 is 9.59 Å². The Kier molecular flexibility index (Phi) is 5.74. The summed E-state index contributed by atoms with van der Waals surface area (Å²) in [4.78, 5) is 29.2. The molecule has 5 nitrogen and oxygen atoms in total. The Labute approximate surface area is 157 Å².